The fourth-order valence-electron chi connectivity index (χ4n) is 2.80. The van der Waals surface area contributed by atoms with Gasteiger partial charge in [0.05, 0.1) is 12.7 Å². The fourth-order valence-corrected chi connectivity index (χ4v) is 2.80. The standard InChI is InChI=1S/C13H25NO/c1-10-3-5-13(6-4-10)15-9-12-7-11(2)8-14-12/h10-14H,3-9H2,1-2H3. The van der Waals surface area contributed by atoms with Gasteiger partial charge in [0.25, 0.3) is 0 Å². The van der Waals surface area contributed by atoms with Crippen molar-refractivity contribution >= 4 is 0 Å². The molecule has 1 aliphatic heterocycles. The normalized spacial score (nSPS) is 42.0. The number of rotatable bonds is 3. The van der Waals surface area contributed by atoms with E-state index < -0.39 is 0 Å². The van der Waals surface area contributed by atoms with Gasteiger partial charge in [0.1, 0.15) is 0 Å². The van der Waals surface area contributed by atoms with Crippen LogP contribution in [0, 0.1) is 11.8 Å². The lowest BCUT2D eigenvalue weighted by Crippen LogP contribution is -2.30. The van der Waals surface area contributed by atoms with Gasteiger partial charge >= 0.3 is 0 Å². The van der Waals surface area contributed by atoms with Crippen LogP contribution in [0.1, 0.15) is 46.0 Å². The van der Waals surface area contributed by atoms with Crippen LogP contribution < -0.4 is 5.32 Å². The zero-order valence-corrected chi connectivity index (χ0v) is 10.2. The molecule has 2 rings (SSSR count). The molecule has 0 aromatic rings. The highest BCUT2D eigenvalue weighted by Gasteiger charge is 2.23. The lowest BCUT2D eigenvalue weighted by atomic mass is 9.89. The zero-order valence-electron chi connectivity index (χ0n) is 10.2. The number of hydrogen-bond donors (Lipinski definition) is 1. The number of nitrogens with one attached hydrogen (secondary N) is 1. The SMILES string of the molecule is CC1CCC(OCC2CC(C)CN2)CC1. The number of hydrogen-bond acceptors (Lipinski definition) is 2. The Balaban J connectivity index is 1.61. The minimum Gasteiger partial charge on any atom is -0.377 e. The summed E-state index contributed by atoms with van der Waals surface area (Å²) in [6.07, 6.45) is 7.13. The Kier molecular flexibility index (Phi) is 4.04. The molecule has 0 radical (unpaired) electrons. The van der Waals surface area contributed by atoms with E-state index in [0.717, 1.165) is 18.4 Å². The van der Waals surface area contributed by atoms with Gasteiger partial charge in [-0.25, -0.2) is 0 Å². The average Bonchev–Trinajstić information content (AvgIpc) is 2.64. The molecule has 2 atom stereocenters. The summed E-state index contributed by atoms with van der Waals surface area (Å²) >= 11 is 0. The molecule has 2 aliphatic rings. The largest absolute Gasteiger partial charge is 0.377 e. The minimum absolute atomic E-state index is 0.555. The Morgan fingerprint density at radius 3 is 2.40 bits per heavy atom. The molecule has 1 aliphatic carbocycles. The summed E-state index contributed by atoms with van der Waals surface area (Å²) in [5.74, 6) is 1.76. The van der Waals surface area contributed by atoms with Crippen LogP contribution in [0.4, 0.5) is 0 Å². The van der Waals surface area contributed by atoms with E-state index in [1.165, 1.54) is 38.6 Å². The third kappa shape index (κ3) is 3.46. The molecule has 1 heterocycles. The molecular formula is C13H25NO. The first-order valence-electron chi connectivity index (χ1n) is 6.59. The molecule has 0 aromatic carbocycles. The van der Waals surface area contributed by atoms with E-state index in [4.69, 9.17) is 4.74 Å². The van der Waals surface area contributed by atoms with E-state index in [-0.39, 0.29) is 0 Å². The van der Waals surface area contributed by atoms with Gasteiger partial charge in [0.15, 0.2) is 0 Å². The maximum Gasteiger partial charge on any atom is 0.0623 e. The van der Waals surface area contributed by atoms with Crippen LogP contribution in [0.5, 0.6) is 0 Å². The van der Waals surface area contributed by atoms with Crippen molar-refractivity contribution in [2.45, 2.75) is 58.1 Å². The summed E-state index contributed by atoms with van der Waals surface area (Å²) in [4.78, 5) is 0. The monoisotopic (exact) mass is 211 g/mol. The average molecular weight is 211 g/mol. The lowest BCUT2D eigenvalue weighted by molar-refractivity contribution is 0.0102. The third-order valence-corrected chi connectivity index (χ3v) is 3.94. The van der Waals surface area contributed by atoms with E-state index in [2.05, 4.69) is 19.2 Å². The first-order valence-corrected chi connectivity index (χ1v) is 6.59. The molecular weight excluding hydrogens is 186 g/mol. The minimum atomic E-state index is 0.555. The molecule has 0 spiro atoms. The van der Waals surface area contributed by atoms with Crippen molar-refractivity contribution in [2.75, 3.05) is 13.2 Å². The van der Waals surface area contributed by atoms with Crippen LogP contribution in [-0.4, -0.2) is 25.3 Å². The van der Waals surface area contributed by atoms with Gasteiger partial charge in [-0.15, -0.1) is 0 Å². The van der Waals surface area contributed by atoms with E-state index in [1.54, 1.807) is 0 Å². The molecule has 88 valence electrons. The molecule has 2 heteroatoms. The van der Waals surface area contributed by atoms with Crippen molar-refractivity contribution in [1.82, 2.24) is 5.32 Å². The molecule has 2 nitrogen and oxygen atoms in total. The van der Waals surface area contributed by atoms with Crippen molar-refractivity contribution in [1.29, 1.82) is 0 Å². The van der Waals surface area contributed by atoms with Crippen LogP contribution in [0.25, 0.3) is 0 Å². The van der Waals surface area contributed by atoms with E-state index in [1.807, 2.05) is 0 Å². The first-order chi connectivity index (χ1) is 7.24. The van der Waals surface area contributed by atoms with Crippen LogP contribution in [0.2, 0.25) is 0 Å². The van der Waals surface area contributed by atoms with E-state index in [0.29, 0.717) is 12.1 Å². The summed E-state index contributed by atoms with van der Waals surface area (Å²) in [5.41, 5.74) is 0. The van der Waals surface area contributed by atoms with Gasteiger partial charge in [0.2, 0.25) is 0 Å². The number of ether oxygens (including phenoxy) is 1. The molecule has 0 bridgehead atoms. The van der Waals surface area contributed by atoms with Crippen molar-refractivity contribution < 1.29 is 4.74 Å². The van der Waals surface area contributed by atoms with Gasteiger partial charge in [-0.2, -0.15) is 0 Å². The molecule has 2 fully saturated rings. The second-order valence-corrected chi connectivity index (χ2v) is 5.66. The summed E-state index contributed by atoms with van der Waals surface area (Å²) in [6.45, 7) is 6.78. The summed E-state index contributed by atoms with van der Waals surface area (Å²) in [6, 6.07) is 0.624. The predicted octanol–water partition coefficient (Wildman–Crippen LogP) is 2.58. The molecule has 0 amide bonds. The van der Waals surface area contributed by atoms with Gasteiger partial charge in [-0.05, 0) is 50.5 Å². The Bertz CT molecular complexity index is 187. The van der Waals surface area contributed by atoms with Gasteiger partial charge < -0.3 is 10.1 Å². The fraction of sp³-hybridized carbons (Fsp3) is 1.00. The molecule has 15 heavy (non-hydrogen) atoms. The lowest BCUT2D eigenvalue weighted by Gasteiger charge is -2.27. The Hall–Kier alpha value is -0.0800. The second kappa shape index (κ2) is 5.31. The molecule has 1 N–H and O–H groups in total. The molecule has 1 saturated carbocycles. The van der Waals surface area contributed by atoms with E-state index >= 15 is 0 Å². The first kappa shape index (κ1) is 11.4. The van der Waals surface area contributed by atoms with Crippen LogP contribution in [0.3, 0.4) is 0 Å². The van der Waals surface area contributed by atoms with Gasteiger partial charge in [-0.1, -0.05) is 13.8 Å². The van der Waals surface area contributed by atoms with Crippen LogP contribution >= 0.6 is 0 Å². The maximum atomic E-state index is 6.00. The molecule has 2 unspecified atom stereocenters. The van der Waals surface area contributed by atoms with Crippen molar-refractivity contribution in [3.8, 4) is 0 Å². The Morgan fingerprint density at radius 1 is 1.07 bits per heavy atom. The highest BCUT2D eigenvalue weighted by Crippen LogP contribution is 2.26. The van der Waals surface area contributed by atoms with Crippen molar-refractivity contribution in [3.05, 3.63) is 0 Å². The van der Waals surface area contributed by atoms with Crippen LogP contribution in [0.15, 0.2) is 0 Å². The highest BCUT2D eigenvalue weighted by atomic mass is 16.5. The van der Waals surface area contributed by atoms with Crippen molar-refractivity contribution in [3.63, 3.8) is 0 Å². The summed E-state index contributed by atoms with van der Waals surface area (Å²) in [7, 11) is 0. The summed E-state index contributed by atoms with van der Waals surface area (Å²) in [5, 5.41) is 3.53. The maximum absolute atomic E-state index is 6.00. The smallest absolute Gasteiger partial charge is 0.0623 e. The topological polar surface area (TPSA) is 21.3 Å². The van der Waals surface area contributed by atoms with Crippen molar-refractivity contribution in [2.24, 2.45) is 11.8 Å². The highest BCUT2D eigenvalue weighted by molar-refractivity contribution is 4.79. The summed E-state index contributed by atoms with van der Waals surface area (Å²) < 4.78 is 6.00. The predicted molar refractivity (Wildman–Crippen MR) is 62.9 cm³/mol. The van der Waals surface area contributed by atoms with Crippen LogP contribution in [-0.2, 0) is 4.74 Å². The third-order valence-electron chi connectivity index (χ3n) is 3.94. The second-order valence-electron chi connectivity index (χ2n) is 5.66. The molecule has 1 saturated heterocycles. The molecule has 0 aromatic heterocycles. The van der Waals surface area contributed by atoms with Gasteiger partial charge in [0, 0.05) is 6.04 Å². The van der Waals surface area contributed by atoms with E-state index in [9.17, 15) is 0 Å². The Labute approximate surface area is 93.8 Å². The zero-order chi connectivity index (χ0) is 10.7. The quantitative estimate of drug-likeness (QED) is 0.774. The van der Waals surface area contributed by atoms with Gasteiger partial charge in [-0.3, -0.25) is 0 Å². The Morgan fingerprint density at radius 2 is 1.80 bits per heavy atom.